The summed E-state index contributed by atoms with van der Waals surface area (Å²) in [5.74, 6) is 4.71. The Bertz CT molecular complexity index is 3660. The number of hydrogen-bond acceptors (Lipinski definition) is 3. The number of para-hydroxylation sites is 1. The highest BCUT2D eigenvalue weighted by molar-refractivity contribution is 5.97. The van der Waals surface area contributed by atoms with E-state index in [-0.39, 0.29) is 22.3 Å². The van der Waals surface area contributed by atoms with E-state index in [1.807, 2.05) is 25.1 Å². The van der Waals surface area contributed by atoms with Crippen molar-refractivity contribution in [1.29, 1.82) is 0 Å². The van der Waals surface area contributed by atoms with E-state index in [9.17, 15) is 0 Å². The molecule has 0 spiro atoms. The monoisotopic (exact) mass is 1070 g/mol. The molecule has 3 heteroatoms. The molecule has 3 nitrogen and oxygen atoms in total. The molecule has 5 aliphatic carbocycles. The summed E-state index contributed by atoms with van der Waals surface area (Å²) in [5.41, 5.74) is 22.2. The van der Waals surface area contributed by atoms with Crippen molar-refractivity contribution in [2.24, 2.45) is 23.1 Å². The summed E-state index contributed by atoms with van der Waals surface area (Å²) in [6.07, 6.45) is 37.6. The Morgan fingerprint density at radius 3 is 1.94 bits per heavy atom. The molecule has 13 rings (SSSR count). The molecule has 1 heterocycles. The Kier molecular flexibility index (Phi) is 18.3. The van der Waals surface area contributed by atoms with Gasteiger partial charge in [-0.2, -0.15) is 0 Å². The van der Waals surface area contributed by atoms with Crippen molar-refractivity contribution in [2.75, 3.05) is 4.90 Å². The number of anilines is 2. The molecule has 3 N–H and O–H groups in total. The lowest BCUT2D eigenvalue weighted by atomic mass is 9.65. The number of nitrogens with two attached hydrogens (primary N) is 1. The first kappa shape index (κ1) is 58.1. The summed E-state index contributed by atoms with van der Waals surface area (Å²) in [5, 5.41) is 6.50. The van der Waals surface area contributed by atoms with Crippen molar-refractivity contribution in [2.45, 2.75) is 77.7 Å². The van der Waals surface area contributed by atoms with Gasteiger partial charge in [-0.1, -0.05) is 276 Å². The number of nitrogens with zero attached hydrogens (tertiary/aromatic N) is 1. The van der Waals surface area contributed by atoms with Crippen LogP contribution in [0.4, 0.5) is 11.4 Å². The Balaban J connectivity index is 0.000000312. The Labute approximate surface area is 490 Å². The maximum absolute atomic E-state index is 6.50. The van der Waals surface area contributed by atoms with Crippen LogP contribution in [-0.4, -0.2) is 10.7 Å². The van der Waals surface area contributed by atoms with E-state index in [1.165, 1.54) is 94.9 Å². The maximum Gasteiger partial charge on any atom is 0.0715 e. The lowest BCUT2D eigenvalue weighted by molar-refractivity contribution is 0.311. The fourth-order valence-corrected chi connectivity index (χ4v) is 13.0. The largest absolute Gasteiger partial charge is 0.331 e. The van der Waals surface area contributed by atoms with Crippen molar-refractivity contribution in [3.63, 3.8) is 0 Å². The molecule has 1 aliphatic heterocycles. The minimum atomic E-state index is -0.361. The first-order valence-corrected chi connectivity index (χ1v) is 29.0. The van der Waals surface area contributed by atoms with Gasteiger partial charge in [-0.3, -0.25) is 0 Å². The van der Waals surface area contributed by atoms with Crippen LogP contribution in [0.25, 0.3) is 33.4 Å². The first-order valence-electron chi connectivity index (χ1n) is 29.0. The number of aryl methyl sites for hydroxylation is 1. The van der Waals surface area contributed by atoms with E-state index in [0.717, 1.165) is 19.3 Å². The molecular weight excluding hydrogens is 993 g/mol. The van der Waals surface area contributed by atoms with Gasteiger partial charge in [0.25, 0.3) is 0 Å². The van der Waals surface area contributed by atoms with Crippen molar-refractivity contribution in [3.8, 4) is 22.3 Å². The third-order valence-corrected chi connectivity index (χ3v) is 17.3. The second kappa shape index (κ2) is 25.9. The summed E-state index contributed by atoms with van der Waals surface area (Å²) in [4.78, 5) is 2.55. The van der Waals surface area contributed by atoms with E-state index in [0.29, 0.717) is 11.8 Å². The van der Waals surface area contributed by atoms with E-state index in [4.69, 9.17) is 5.21 Å². The smallest absolute Gasteiger partial charge is 0.0715 e. The van der Waals surface area contributed by atoms with Gasteiger partial charge in [0.15, 0.2) is 0 Å². The van der Waals surface area contributed by atoms with Gasteiger partial charge in [-0.15, -0.1) is 13.2 Å². The molecule has 6 aliphatic rings. The molecule has 412 valence electrons. The standard InChI is InChI=1S/C59H53N.C13H12.C5H8.C2H4.H3NO/c1-40-22-27-46(28-23-40)59(45-15-7-5-8-16-45)54-21-12-11-19-49(54)50-30-25-44(38-55(50)59)51-39-47(29-24-41(51)2)57(3)35-32-42(33-36-57)43-26-31-56-52(37-43)53-20-13-14-34-58(53,4)60(56)48-17-9-6-10-18-48;1-11-7-9-13(10-8-11)12-5-3-2-4-6-12;1-3-5-4-2;2*1-2/h5-22,24-33,35,37-41,51H,23,34,36H2,1-4H3;2-10H,1H3;3-5H,1H2,2H3;1-2H2;2H,1H2/b;;5-4-;;. The molecule has 6 atom stereocenters. The fourth-order valence-electron chi connectivity index (χ4n) is 13.0. The van der Waals surface area contributed by atoms with Crippen LogP contribution in [0.2, 0.25) is 0 Å². The van der Waals surface area contributed by atoms with Gasteiger partial charge in [-0.25, -0.2) is 5.90 Å². The van der Waals surface area contributed by atoms with Gasteiger partial charge >= 0.3 is 0 Å². The molecule has 6 unspecified atom stereocenters. The van der Waals surface area contributed by atoms with Crippen molar-refractivity contribution in [3.05, 3.63) is 337 Å². The highest BCUT2D eigenvalue weighted by Gasteiger charge is 2.48. The van der Waals surface area contributed by atoms with Crippen LogP contribution in [0, 0.1) is 24.2 Å². The van der Waals surface area contributed by atoms with Crippen molar-refractivity contribution < 1.29 is 5.21 Å². The molecule has 0 aromatic heterocycles. The fraction of sp³-hybridized carbons (Fsp3) is 0.190. The van der Waals surface area contributed by atoms with Gasteiger partial charge in [0, 0.05) is 28.3 Å². The quantitative estimate of drug-likeness (QED) is 0.0906. The predicted octanol–water partition coefficient (Wildman–Crippen LogP) is 20.6. The molecule has 0 fully saturated rings. The van der Waals surface area contributed by atoms with Gasteiger partial charge in [-0.05, 0) is 148 Å². The Morgan fingerprint density at radius 1 is 0.634 bits per heavy atom. The highest BCUT2D eigenvalue weighted by atomic mass is 16.4. The van der Waals surface area contributed by atoms with E-state index < -0.39 is 0 Å². The molecule has 82 heavy (non-hydrogen) atoms. The molecule has 0 amide bonds. The van der Waals surface area contributed by atoms with Crippen LogP contribution in [0.15, 0.2) is 298 Å². The lowest BCUT2D eigenvalue weighted by Gasteiger charge is -2.39. The maximum atomic E-state index is 6.50. The van der Waals surface area contributed by atoms with Crippen molar-refractivity contribution in [1.82, 2.24) is 0 Å². The number of allylic oxidation sites excluding steroid dienone is 17. The third kappa shape index (κ3) is 11.2. The molecular formula is C79H80N2O. The summed E-state index contributed by atoms with van der Waals surface area (Å²) in [7, 11) is 0. The molecule has 0 bridgehead atoms. The van der Waals surface area contributed by atoms with E-state index >= 15 is 0 Å². The average Bonchev–Trinajstić information content (AvgIpc) is 2.40. The highest BCUT2D eigenvalue weighted by Crippen LogP contribution is 2.59. The van der Waals surface area contributed by atoms with E-state index in [2.05, 4.69) is 308 Å². The predicted molar refractivity (Wildman–Crippen MR) is 352 cm³/mol. The lowest BCUT2D eigenvalue weighted by Crippen LogP contribution is -2.40. The Morgan fingerprint density at radius 2 is 1.28 bits per heavy atom. The molecule has 0 saturated heterocycles. The number of fused-ring (bicyclic) bond motifs is 6. The van der Waals surface area contributed by atoms with Crippen LogP contribution in [0.5, 0.6) is 0 Å². The Hall–Kier alpha value is -8.60. The summed E-state index contributed by atoms with van der Waals surface area (Å²) < 4.78 is 0. The second-order valence-electron chi connectivity index (χ2n) is 22.6. The van der Waals surface area contributed by atoms with Crippen LogP contribution < -0.4 is 10.8 Å². The normalized spacial score (nSPS) is 22.9. The van der Waals surface area contributed by atoms with Crippen LogP contribution in [-0.2, 0) is 5.41 Å². The SMILES string of the molecule is C=C.C=C/C=C\C.CC1C=CC(C2(c3ccccc3)c3ccccc3-c3ccc(C4C=C(C5(C)C=CC(c6ccc7c(c6)C6=CC=CCC6(C)N7c6ccccc6)=CC5)C=CC4C)cc32)=CC1.Cc1ccc(-c2ccccc2)cc1.NO. The minimum Gasteiger partial charge on any atom is -0.331 e. The number of rotatable bonds is 8. The third-order valence-electron chi connectivity index (χ3n) is 17.3. The second-order valence-corrected chi connectivity index (χ2v) is 22.6. The molecule has 0 saturated carbocycles. The van der Waals surface area contributed by atoms with Crippen LogP contribution >= 0.6 is 0 Å². The van der Waals surface area contributed by atoms with Gasteiger partial charge in [0.2, 0.25) is 0 Å². The summed E-state index contributed by atoms with van der Waals surface area (Å²) in [6.45, 7) is 23.1. The zero-order valence-electron chi connectivity index (χ0n) is 48.8. The van der Waals surface area contributed by atoms with Crippen LogP contribution in [0.1, 0.15) is 98.7 Å². The molecule has 7 aromatic carbocycles. The van der Waals surface area contributed by atoms with Crippen LogP contribution in [0.3, 0.4) is 0 Å². The zero-order chi connectivity index (χ0) is 57.9. The topological polar surface area (TPSA) is 49.5 Å². The summed E-state index contributed by atoms with van der Waals surface area (Å²) in [6, 6.07) is 64.9. The summed E-state index contributed by atoms with van der Waals surface area (Å²) >= 11 is 0. The molecule has 0 radical (unpaired) electrons. The van der Waals surface area contributed by atoms with Gasteiger partial charge in [0.1, 0.15) is 0 Å². The first-order chi connectivity index (χ1) is 40.1. The van der Waals surface area contributed by atoms with Gasteiger partial charge in [0.05, 0.1) is 11.0 Å². The van der Waals surface area contributed by atoms with E-state index in [1.54, 1.807) is 6.08 Å². The molecule has 7 aromatic rings. The average molecular weight is 1070 g/mol. The van der Waals surface area contributed by atoms with Crippen molar-refractivity contribution >= 4 is 22.5 Å². The van der Waals surface area contributed by atoms with Gasteiger partial charge < -0.3 is 10.1 Å². The minimum absolute atomic E-state index is 0.0936. The zero-order valence-corrected chi connectivity index (χ0v) is 48.8. The number of hydrogen-bond donors (Lipinski definition) is 2. The number of benzene rings is 7.